The number of hydrogen-bond donors (Lipinski definition) is 0. The van der Waals surface area contributed by atoms with Crippen molar-refractivity contribution in [2.45, 2.75) is 72.1 Å². The summed E-state index contributed by atoms with van der Waals surface area (Å²) in [6, 6.07) is 0. The summed E-state index contributed by atoms with van der Waals surface area (Å²) in [5.41, 5.74) is 1.96. The van der Waals surface area contributed by atoms with E-state index in [0.29, 0.717) is 5.41 Å². The van der Waals surface area contributed by atoms with Gasteiger partial charge in [-0.05, 0) is 37.5 Å². The maximum atomic E-state index is 4.27. The Labute approximate surface area is 96.2 Å². The fourth-order valence-electron chi connectivity index (χ4n) is 3.16. The van der Waals surface area contributed by atoms with Crippen LogP contribution in [0.5, 0.6) is 0 Å². The van der Waals surface area contributed by atoms with Gasteiger partial charge >= 0.3 is 0 Å². The minimum Gasteiger partial charge on any atom is -0.0996 e. The zero-order valence-corrected chi connectivity index (χ0v) is 10.9. The average molecular weight is 208 g/mol. The molecule has 0 saturated heterocycles. The molecule has 88 valence electrons. The molecule has 0 heterocycles. The lowest BCUT2D eigenvalue weighted by Crippen LogP contribution is -2.28. The number of hydrogen-bond acceptors (Lipinski definition) is 0. The third kappa shape index (κ3) is 3.09. The first kappa shape index (κ1) is 12.8. The first-order valence-corrected chi connectivity index (χ1v) is 6.80. The molecule has 0 N–H and O–H groups in total. The van der Waals surface area contributed by atoms with Crippen molar-refractivity contribution < 1.29 is 0 Å². The van der Waals surface area contributed by atoms with Crippen LogP contribution < -0.4 is 0 Å². The number of allylic oxidation sites excluding steroid dienone is 1. The molecular weight excluding hydrogens is 180 g/mol. The summed E-state index contributed by atoms with van der Waals surface area (Å²) in [5, 5.41) is 0. The predicted octanol–water partition coefficient (Wildman–Crippen LogP) is 5.34. The maximum absolute atomic E-state index is 4.27. The van der Waals surface area contributed by atoms with Gasteiger partial charge in [0, 0.05) is 0 Å². The number of rotatable bonds is 5. The summed E-state index contributed by atoms with van der Waals surface area (Å²) in [6.07, 6.45) is 11.2. The SMILES string of the molecule is C=C(C)C1(CC(CC)CC)CCCCC1. The van der Waals surface area contributed by atoms with Gasteiger partial charge in [0.25, 0.3) is 0 Å². The largest absolute Gasteiger partial charge is 0.0996 e. The molecule has 0 bridgehead atoms. The molecule has 15 heavy (non-hydrogen) atoms. The van der Waals surface area contributed by atoms with Crippen LogP contribution in [-0.2, 0) is 0 Å². The van der Waals surface area contributed by atoms with Crippen LogP contribution in [0.1, 0.15) is 72.1 Å². The van der Waals surface area contributed by atoms with Crippen molar-refractivity contribution in [1.29, 1.82) is 0 Å². The molecule has 0 aromatic carbocycles. The van der Waals surface area contributed by atoms with Gasteiger partial charge in [0.1, 0.15) is 0 Å². The van der Waals surface area contributed by atoms with Crippen LogP contribution in [0.25, 0.3) is 0 Å². The Bertz CT molecular complexity index is 192. The molecule has 0 aromatic heterocycles. The van der Waals surface area contributed by atoms with Crippen molar-refractivity contribution in [3.05, 3.63) is 12.2 Å². The first-order chi connectivity index (χ1) is 7.14. The van der Waals surface area contributed by atoms with E-state index >= 15 is 0 Å². The second kappa shape index (κ2) is 5.72. The highest BCUT2D eigenvalue weighted by Crippen LogP contribution is 2.47. The van der Waals surface area contributed by atoms with E-state index in [9.17, 15) is 0 Å². The Morgan fingerprint density at radius 1 is 1.13 bits per heavy atom. The standard InChI is InChI=1S/C15H28/c1-5-14(6-2)12-15(13(3)4)10-8-7-9-11-15/h14H,3,5-12H2,1-2,4H3. The monoisotopic (exact) mass is 208 g/mol. The van der Waals surface area contributed by atoms with E-state index < -0.39 is 0 Å². The van der Waals surface area contributed by atoms with Gasteiger partial charge in [0.05, 0.1) is 0 Å². The molecule has 0 nitrogen and oxygen atoms in total. The third-order valence-electron chi connectivity index (χ3n) is 4.55. The van der Waals surface area contributed by atoms with Gasteiger partial charge in [-0.15, -0.1) is 0 Å². The quantitative estimate of drug-likeness (QED) is 0.535. The molecule has 0 radical (unpaired) electrons. The lowest BCUT2D eigenvalue weighted by molar-refractivity contribution is 0.180. The maximum Gasteiger partial charge on any atom is -0.00909 e. The predicted molar refractivity (Wildman–Crippen MR) is 69.0 cm³/mol. The molecule has 0 heteroatoms. The summed E-state index contributed by atoms with van der Waals surface area (Å²) in [6.45, 7) is 11.2. The molecule has 1 saturated carbocycles. The molecule has 0 aromatic rings. The van der Waals surface area contributed by atoms with Crippen molar-refractivity contribution >= 4 is 0 Å². The van der Waals surface area contributed by atoms with Crippen LogP contribution in [0.3, 0.4) is 0 Å². The van der Waals surface area contributed by atoms with E-state index in [2.05, 4.69) is 27.4 Å². The minimum absolute atomic E-state index is 0.509. The molecule has 0 spiro atoms. The van der Waals surface area contributed by atoms with Gasteiger partial charge in [-0.1, -0.05) is 58.1 Å². The highest BCUT2D eigenvalue weighted by molar-refractivity contribution is 5.09. The van der Waals surface area contributed by atoms with E-state index in [1.165, 1.54) is 56.9 Å². The summed E-state index contributed by atoms with van der Waals surface area (Å²) in [7, 11) is 0. The molecule has 0 aliphatic heterocycles. The molecule has 1 rings (SSSR count). The molecule has 1 fully saturated rings. The Hall–Kier alpha value is -0.260. The third-order valence-corrected chi connectivity index (χ3v) is 4.55. The molecule has 0 amide bonds. The summed E-state index contributed by atoms with van der Waals surface area (Å²) in [4.78, 5) is 0. The van der Waals surface area contributed by atoms with Crippen LogP contribution in [0.4, 0.5) is 0 Å². The zero-order valence-electron chi connectivity index (χ0n) is 10.9. The van der Waals surface area contributed by atoms with Crippen molar-refractivity contribution in [1.82, 2.24) is 0 Å². The van der Waals surface area contributed by atoms with Gasteiger partial charge < -0.3 is 0 Å². The molecule has 1 aliphatic carbocycles. The highest BCUT2D eigenvalue weighted by Gasteiger charge is 2.34. The second-order valence-electron chi connectivity index (χ2n) is 5.51. The summed E-state index contributed by atoms with van der Waals surface area (Å²) >= 11 is 0. The Kier molecular flexibility index (Phi) is 4.89. The van der Waals surface area contributed by atoms with Gasteiger partial charge in [0.15, 0.2) is 0 Å². The van der Waals surface area contributed by atoms with E-state index in [1.54, 1.807) is 0 Å². The van der Waals surface area contributed by atoms with Gasteiger partial charge in [-0.2, -0.15) is 0 Å². The van der Waals surface area contributed by atoms with E-state index in [4.69, 9.17) is 0 Å². The van der Waals surface area contributed by atoms with Crippen molar-refractivity contribution in [3.8, 4) is 0 Å². The fourth-order valence-corrected chi connectivity index (χ4v) is 3.16. The van der Waals surface area contributed by atoms with Crippen LogP contribution in [0.15, 0.2) is 12.2 Å². The fraction of sp³-hybridized carbons (Fsp3) is 0.867. The average Bonchev–Trinajstić information content (AvgIpc) is 2.27. The van der Waals surface area contributed by atoms with Gasteiger partial charge in [-0.3, -0.25) is 0 Å². The van der Waals surface area contributed by atoms with E-state index in [0.717, 1.165) is 5.92 Å². The van der Waals surface area contributed by atoms with Crippen LogP contribution in [-0.4, -0.2) is 0 Å². The van der Waals surface area contributed by atoms with Gasteiger partial charge in [0.2, 0.25) is 0 Å². The minimum atomic E-state index is 0.509. The van der Waals surface area contributed by atoms with Crippen LogP contribution in [0.2, 0.25) is 0 Å². The van der Waals surface area contributed by atoms with Gasteiger partial charge in [-0.25, -0.2) is 0 Å². The lowest BCUT2D eigenvalue weighted by Gasteiger charge is -2.40. The molecule has 1 aliphatic rings. The molecule has 0 atom stereocenters. The van der Waals surface area contributed by atoms with Crippen LogP contribution in [0, 0.1) is 11.3 Å². The van der Waals surface area contributed by atoms with Crippen LogP contribution >= 0.6 is 0 Å². The van der Waals surface area contributed by atoms with E-state index in [-0.39, 0.29) is 0 Å². The Balaban J connectivity index is 2.67. The summed E-state index contributed by atoms with van der Waals surface area (Å²) in [5.74, 6) is 0.916. The van der Waals surface area contributed by atoms with Crippen molar-refractivity contribution in [2.75, 3.05) is 0 Å². The smallest absolute Gasteiger partial charge is 0.00909 e. The Morgan fingerprint density at radius 3 is 2.07 bits per heavy atom. The summed E-state index contributed by atoms with van der Waals surface area (Å²) < 4.78 is 0. The zero-order chi connectivity index (χ0) is 11.3. The lowest BCUT2D eigenvalue weighted by atomic mass is 9.65. The second-order valence-corrected chi connectivity index (χ2v) is 5.51. The first-order valence-electron chi connectivity index (χ1n) is 6.80. The molecular formula is C15H28. The topological polar surface area (TPSA) is 0 Å². The normalized spacial score (nSPS) is 20.5. The van der Waals surface area contributed by atoms with Crippen molar-refractivity contribution in [2.24, 2.45) is 11.3 Å². The van der Waals surface area contributed by atoms with Crippen molar-refractivity contribution in [3.63, 3.8) is 0 Å². The molecule has 0 unspecified atom stereocenters. The highest BCUT2D eigenvalue weighted by atomic mass is 14.4. The van der Waals surface area contributed by atoms with E-state index in [1.807, 2.05) is 0 Å². The Morgan fingerprint density at radius 2 is 1.67 bits per heavy atom.